The van der Waals surface area contributed by atoms with Gasteiger partial charge < -0.3 is 0 Å². The van der Waals surface area contributed by atoms with Gasteiger partial charge in [-0.3, -0.25) is 19.8 Å². The molecule has 4 heteroatoms. The Morgan fingerprint density at radius 3 is 2.70 bits per heavy atom. The van der Waals surface area contributed by atoms with E-state index in [2.05, 4.69) is 23.5 Å². The number of hydrogen-bond acceptors (Lipinski definition) is 3. The Kier molecular flexibility index (Phi) is 3.34. The van der Waals surface area contributed by atoms with E-state index in [1.54, 1.807) is 7.05 Å². The predicted molar refractivity (Wildman–Crippen MR) is 76.2 cm³/mol. The number of nitrogens with zero attached hydrogens (tertiary/aromatic N) is 1. The van der Waals surface area contributed by atoms with Crippen LogP contribution >= 0.6 is 0 Å². The highest BCUT2D eigenvalue weighted by Crippen LogP contribution is 2.26. The molecule has 1 heterocycles. The van der Waals surface area contributed by atoms with E-state index in [1.165, 1.54) is 34.4 Å². The third-order valence-electron chi connectivity index (χ3n) is 4.46. The van der Waals surface area contributed by atoms with Crippen molar-refractivity contribution in [2.45, 2.75) is 44.7 Å². The average Bonchev–Trinajstić information content (AvgIpc) is 2.99. The molecule has 1 N–H and O–H groups in total. The van der Waals surface area contributed by atoms with Crippen LogP contribution in [-0.2, 0) is 22.4 Å². The average molecular weight is 272 g/mol. The third-order valence-corrected chi connectivity index (χ3v) is 4.46. The Morgan fingerprint density at radius 2 is 2.00 bits per heavy atom. The second kappa shape index (κ2) is 5.02. The molecular formula is C16H20N2O2. The van der Waals surface area contributed by atoms with E-state index in [4.69, 9.17) is 0 Å². The SMILES string of the molecule is CC(NC1CC(=O)N(C)C1=O)c1ccc2c(c1)CCC2. The zero-order valence-corrected chi connectivity index (χ0v) is 12.0. The summed E-state index contributed by atoms with van der Waals surface area (Å²) >= 11 is 0. The van der Waals surface area contributed by atoms with E-state index in [-0.39, 0.29) is 30.3 Å². The maximum Gasteiger partial charge on any atom is 0.246 e. The molecule has 0 radical (unpaired) electrons. The van der Waals surface area contributed by atoms with Crippen LogP contribution in [0.4, 0.5) is 0 Å². The van der Waals surface area contributed by atoms with Crippen LogP contribution in [0.15, 0.2) is 18.2 Å². The smallest absolute Gasteiger partial charge is 0.246 e. The maximum atomic E-state index is 11.9. The minimum Gasteiger partial charge on any atom is -0.299 e. The van der Waals surface area contributed by atoms with Gasteiger partial charge in [-0.05, 0) is 42.9 Å². The fraction of sp³-hybridized carbons (Fsp3) is 0.500. The van der Waals surface area contributed by atoms with Crippen molar-refractivity contribution in [2.75, 3.05) is 7.05 Å². The number of imide groups is 1. The fourth-order valence-corrected chi connectivity index (χ4v) is 3.14. The molecule has 0 saturated carbocycles. The molecular weight excluding hydrogens is 252 g/mol. The number of hydrogen-bond donors (Lipinski definition) is 1. The van der Waals surface area contributed by atoms with Crippen LogP contribution in [0.5, 0.6) is 0 Å². The van der Waals surface area contributed by atoms with Crippen molar-refractivity contribution in [3.8, 4) is 0 Å². The highest BCUT2D eigenvalue weighted by molar-refractivity contribution is 6.05. The number of fused-ring (bicyclic) bond motifs is 1. The van der Waals surface area contributed by atoms with Gasteiger partial charge in [0.25, 0.3) is 0 Å². The number of amides is 2. The Hall–Kier alpha value is -1.68. The number of rotatable bonds is 3. The summed E-state index contributed by atoms with van der Waals surface area (Å²) in [5.41, 5.74) is 4.08. The monoisotopic (exact) mass is 272 g/mol. The number of aryl methyl sites for hydroxylation is 2. The van der Waals surface area contributed by atoms with Crippen LogP contribution in [0.1, 0.15) is 42.5 Å². The summed E-state index contributed by atoms with van der Waals surface area (Å²) in [5, 5.41) is 3.28. The van der Waals surface area contributed by atoms with Gasteiger partial charge in [0.2, 0.25) is 11.8 Å². The number of likely N-dealkylation sites (N-methyl/N-ethyl adjacent to an activating group) is 1. The van der Waals surface area contributed by atoms with Crippen LogP contribution < -0.4 is 5.32 Å². The molecule has 20 heavy (non-hydrogen) atoms. The van der Waals surface area contributed by atoms with Crippen molar-refractivity contribution in [1.82, 2.24) is 10.2 Å². The lowest BCUT2D eigenvalue weighted by Gasteiger charge is -2.19. The highest BCUT2D eigenvalue weighted by Gasteiger charge is 2.36. The fourth-order valence-electron chi connectivity index (χ4n) is 3.14. The summed E-state index contributed by atoms with van der Waals surface area (Å²) in [6.45, 7) is 2.05. The first kappa shape index (κ1) is 13.3. The molecule has 4 nitrogen and oxygen atoms in total. The first-order chi connectivity index (χ1) is 9.56. The zero-order chi connectivity index (χ0) is 14.3. The van der Waals surface area contributed by atoms with Crippen molar-refractivity contribution >= 4 is 11.8 Å². The van der Waals surface area contributed by atoms with E-state index in [1.807, 2.05) is 6.92 Å². The Balaban J connectivity index is 1.72. The van der Waals surface area contributed by atoms with Crippen LogP contribution in [0.3, 0.4) is 0 Å². The van der Waals surface area contributed by atoms with Gasteiger partial charge in [0.15, 0.2) is 0 Å². The molecule has 3 rings (SSSR count). The van der Waals surface area contributed by atoms with Crippen molar-refractivity contribution in [1.29, 1.82) is 0 Å². The molecule has 0 bridgehead atoms. The number of nitrogens with one attached hydrogen (secondary N) is 1. The van der Waals surface area contributed by atoms with Gasteiger partial charge in [-0.1, -0.05) is 18.2 Å². The first-order valence-corrected chi connectivity index (χ1v) is 7.24. The third kappa shape index (κ3) is 2.24. The van der Waals surface area contributed by atoms with Crippen molar-refractivity contribution < 1.29 is 9.59 Å². The molecule has 2 aliphatic rings. The van der Waals surface area contributed by atoms with Crippen molar-refractivity contribution in [3.63, 3.8) is 0 Å². The quantitative estimate of drug-likeness (QED) is 0.850. The lowest BCUT2D eigenvalue weighted by atomic mass is 10.0. The number of carbonyl (C=O) groups excluding carboxylic acids is 2. The molecule has 106 valence electrons. The van der Waals surface area contributed by atoms with Gasteiger partial charge in [0, 0.05) is 13.1 Å². The summed E-state index contributed by atoms with van der Waals surface area (Å²) in [6.07, 6.45) is 3.84. The topological polar surface area (TPSA) is 49.4 Å². The van der Waals surface area contributed by atoms with E-state index < -0.39 is 0 Å². The van der Waals surface area contributed by atoms with Gasteiger partial charge in [-0.25, -0.2) is 0 Å². The first-order valence-electron chi connectivity index (χ1n) is 7.24. The lowest BCUT2D eigenvalue weighted by molar-refractivity contribution is -0.137. The molecule has 0 aromatic heterocycles. The Bertz CT molecular complexity index is 568. The van der Waals surface area contributed by atoms with Gasteiger partial charge >= 0.3 is 0 Å². The van der Waals surface area contributed by atoms with E-state index >= 15 is 0 Å². The van der Waals surface area contributed by atoms with Gasteiger partial charge in [0.05, 0.1) is 12.5 Å². The molecule has 1 aliphatic heterocycles. The molecule has 1 aromatic carbocycles. The van der Waals surface area contributed by atoms with Crippen LogP contribution in [0.25, 0.3) is 0 Å². The molecule has 2 atom stereocenters. The maximum absolute atomic E-state index is 11.9. The molecule has 2 amide bonds. The Labute approximate surface area is 119 Å². The van der Waals surface area contributed by atoms with Gasteiger partial charge in [-0.15, -0.1) is 0 Å². The van der Waals surface area contributed by atoms with Crippen LogP contribution in [0.2, 0.25) is 0 Å². The van der Waals surface area contributed by atoms with Gasteiger partial charge in [-0.2, -0.15) is 0 Å². The Morgan fingerprint density at radius 1 is 1.25 bits per heavy atom. The molecule has 0 spiro atoms. The van der Waals surface area contributed by atoms with E-state index in [9.17, 15) is 9.59 Å². The number of benzene rings is 1. The predicted octanol–water partition coefficient (Wildman–Crippen LogP) is 1.58. The van der Waals surface area contributed by atoms with Gasteiger partial charge in [0.1, 0.15) is 0 Å². The minimum atomic E-state index is -0.379. The lowest BCUT2D eigenvalue weighted by Crippen LogP contribution is -2.38. The largest absolute Gasteiger partial charge is 0.299 e. The summed E-state index contributed by atoms with van der Waals surface area (Å²) in [5.74, 6) is -0.225. The summed E-state index contributed by atoms with van der Waals surface area (Å²) in [6, 6.07) is 6.27. The molecule has 1 fully saturated rings. The molecule has 1 aliphatic carbocycles. The highest BCUT2D eigenvalue weighted by atomic mass is 16.2. The molecule has 1 aromatic rings. The standard InChI is InChI=1S/C16H20N2O2/c1-10(17-14-9-15(19)18(2)16(14)20)12-7-6-11-4-3-5-13(11)8-12/h6-8,10,14,17H,3-5,9H2,1-2H3. The normalized spacial score (nSPS) is 23.3. The van der Waals surface area contributed by atoms with Crippen LogP contribution in [0, 0.1) is 0 Å². The van der Waals surface area contributed by atoms with E-state index in [0.29, 0.717) is 0 Å². The summed E-state index contributed by atoms with van der Waals surface area (Å²) < 4.78 is 0. The minimum absolute atomic E-state index is 0.0779. The second-order valence-corrected chi connectivity index (χ2v) is 5.82. The zero-order valence-electron chi connectivity index (χ0n) is 12.0. The van der Waals surface area contributed by atoms with E-state index in [0.717, 1.165) is 6.42 Å². The van der Waals surface area contributed by atoms with Crippen LogP contribution in [-0.4, -0.2) is 29.8 Å². The molecule has 2 unspecified atom stereocenters. The summed E-state index contributed by atoms with van der Waals surface area (Å²) in [4.78, 5) is 24.7. The molecule has 1 saturated heterocycles. The number of carbonyl (C=O) groups is 2. The van der Waals surface area contributed by atoms with Crippen molar-refractivity contribution in [3.05, 3.63) is 34.9 Å². The number of likely N-dealkylation sites (tertiary alicyclic amines) is 1. The van der Waals surface area contributed by atoms with Crippen molar-refractivity contribution in [2.24, 2.45) is 0 Å². The second-order valence-electron chi connectivity index (χ2n) is 5.82. The summed E-state index contributed by atoms with van der Waals surface area (Å²) in [7, 11) is 1.55.